The molecular formula is C23H31NO3. The summed E-state index contributed by atoms with van der Waals surface area (Å²) in [5.41, 5.74) is 0.0940. The molecule has 1 saturated carbocycles. The second-order valence-corrected chi connectivity index (χ2v) is 7.56. The topological polar surface area (TPSA) is 47.6 Å². The minimum Gasteiger partial charge on any atom is -0.490 e. The molecule has 2 aromatic carbocycles. The number of methoxy groups -OCH3 is 1. The highest BCUT2D eigenvalue weighted by atomic mass is 16.5. The smallest absolute Gasteiger partial charge is 0.256 e. The van der Waals surface area contributed by atoms with E-state index in [0.717, 1.165) is 54.3 Å². The van der Waals surface area contributed by atoms with Gasteiger partial charge >= 0.3 is 0 Å². The molecule has 3 rings (SSSR count). The molecule has 4 heteroatoms. The fourth-order valence-corrected chi connectivity index (χ4v) is 3.84. The van der Waals surface area contributed by atoms with Gasteiger partial charge in [-0.1, -0.05) is 56.9 Å². The molecular weight excluding hydrogens is 338 g/mol. The number of rotatable bonds is 6. The van der Waals surface area contributed by atoms with Crippen LogP contribution in [0.15, 0.2) is 36.4 Å². The van der Waals surface area contributed by atoms with Gasteiger partial charge in [0.15, 0.2) is 0 Å². The Morgan fingerprint density at radius 1 is 1.07 bits per heavy atom. The highest BCUT2D eigenvalue weighted by molar-refractivity contribution is 6.06. The molecule has 0 radical (unpaired) electrons. The van der Waals surface area contributed by atoms with Crippen LogP contribution in [0.1, 0.15) is 58.8 Å². The summed E-state index contributed by atoms with van der Waals surface area (Å²) in [4.78, 5) is 13.2. The van der Waals surface area contributed by atoms with Gasteiger partial charge in [0.05, 0.1) is 6.10 Å². The third kappa shape index (κ3) is 4.27. The van der Waals surface area contributed by atoms with Crippen LogP contribution < -0.4 is 10.1 Å². The summed E-state index contributed by atoms with van der Waals surface area (Å²) in [5, 5.41) is 5.16. The highest BCUT2D eigenvalue weighted by Crippen LogP contribution is 2.35. The van der Waals surface area contributed by atoms with Gasteiger partial charge in [-0.15, -0.1) is 0 Å². The first-order valence-corrected chi connectivity index (χ1v) is 10.1. The second-order valence-electron chi connectivity index (χ2n) is 7.56. The van der Waals surface area contributed by atoms with Crippen molar-refractivity contribution in [1.82, 2.24) is 0 Å². The molecule has 0 aromatic heterocycles. The minimum absolute atomic E-state index is 0.0346. The van der Waals surface area contributed by atoms with Gasteiger partial charge in [-0.05, 0) is 38.3 Å². The maximum absolute atomic E-state index is 13.2. The van der Waals surface area contributed by atoms with E-state index in [4.69, 9.17) is 9.47 Å². The predicted octanol–water partition coefficient (Wildman–Crippen LogP) is 5.70. The van der Waals surface area contributed by atoms with Crippen molar-refractivity contribution >= 4 is 22.4 Å². The van der Waals surface area contributed by atoms with Gasteiger partial charge in [0.1, 0.15) is 11.4 Å². The molecule has 0 aliphatic heterocycles. The van der Waals surface area contributed by atoms with Crippen molar-refractivity contribution in [2.24, 2.45) is 0 Å². The van der Waals surface area contributed by atoms with Gasteiger partial charge in [0, 0.05) is 23.6 Å². The Hall–Kier alpha value is -2.07. The number of fused-ring (bicyclic) bond motifs is 1. The maximum atomic E-state index is 13.2. The molecule has 1 aliphatic carbocycles. The lowest BCUT2D eigenvalue weighted by atomic mass is 9.92. The minimum atomic E-state index is -0.719. The van der Waals surface area contributed by atoms with E-state index in [2.05, 4.69) is 19.2 Å². The van der Waals surface area contributed by atoms with E-state index in [1.807, 2.05) is 36.4 Å². The average Bonchev–Trinajstić information content (AvgIpc) is 2.96. The third-order valence-corrected chi connectivity index (χ3v) is 5.75. The SMILES string of the molecule is CC[C@@H](C)Oc1ccc(NC(=O)C2(OC)CCCCCC2)c2ccccc12. The van der Waals surface area contributed by atoms with Crippen LogP contribution in [0.2, 0.25) is 0 Å². The van der Waals surface area contributed by atoms with E-state index >= 15 is 0 Å². The average molecular weight is 370 g/mol. The molecule has 1 amide bonds. The highest BCUT2D eigenvalue weighted by Gasteiger charge is 2.38. The van der Waals surface area contributed by atoms with Crippen molar-refractivity contribution in [2.75, 3.05) is 12.4 Å². The van der Waals surface area contributed by atoms with Crippen LogP contribution in [0.3, 0.4) is 0 Å². The summed E-state index contributed by atoms with van der Waals surface area (Å²) in [5.74, 6) is 0.821. The van der Waals surface area contributed by atoms with Crippen molar-refractivity contribution in [3.8, 4) is 5.75 Å². The van der Waals surface area contributed by atoms with Crippen LogP contribution in [-0.2, 0) is 9.53 Å². The first-order chi connectivity index (χ1) is 13.1. The van der Waals surface area contributed by atoms with Crippen molar-refractivity contribution in [2.45, 2.75) is 70.5 Å². The number of anilines is 1. The summed E-state index contributed by atoms with van der Waals surface area (Å²) < 4.78 is 11.8. The second kappa shape index (κ2) is 8.75. The van der Waals surface area contributed by atoms with Crippen molar-refractivity contribution in [3.63, 3.8) is 0 Å². The molecule has 0 spiro atoms. The molecule has 2 aromatic rings. The lowest BCUT2D eigenvalue weighted by Gasteiger charge is -2.30. The Morgan fingerprint density at radius 2 is 1.74 bits per heavy atom. The van der Waals surface area contributed by atoms with Crippen LogP contribution in [-0.4, -0.2) is 24.7 Å². The predicted molar refractivity (Wildman–Crippen MR) is 110 cm³/mol. The standard InChI is InChI=1S/C23H31NO3/c1-4-17(2)27-21-14-13-20(18-11-7-8-12-19(18)21)24-22(25)23(26-3)15-9-5-6-10-16-23/h7-8,11-14,17H,4-6,9-10,15-16H2,1-3H3,(H,24,25)/t17-/m1/s1. The molecule has 27 heavy (non-hydrogen) atoms. The maximum Gasteiger partial charge on any atom is 0.256 e. The normalized spacial score (nSPS) is 17.9. The van der Waals surface area contributed by atoms with Gasteiger partial charge in [-0.25, -0.2) is 0 Å². The molecule has 146 valence electrons. The first kappa shape index (κ1) is 19.7. The molecule has 4 nitrogen and oxygen atoms in total. The summed E-state index contributed by atoms with van der Waals surface area (Å²) in [6.07, 6.45) is 7.06. The number of benzene rings is 2. The third-order valence-electron chi connectivity index (χ3n) is 5.75. The van der Waals surface area contributed by atoms with E-state index < -0.39 is 5.60 Å². The quantitative estimate of drug-likeness (QED) is 0.665. The monoisotopic (exact) mass is 369 g/mol. The lowest BCUT2D eigenvalue weighted by Crippen LogP contribution is -2.44. The molecule has 1 fully saturated rings. The van der Waals surface area contributed by atoms with Crippen LogP contribution >= 0.6 is 0 Å². The Balaban J connectivity index is 1.90. The van der Waals surface area contributed by atoms with Gasteiger partial charge in [-0.3, -0.25) is 4.79 Å². The first-order valence-electron chi connectivity index (χ1n) is 10.1. The molecule has 0 saturated heterocycles. The Bertz CT molecular complexity index is 778. The van der Waals surface area contributed by atoms with Crippen LogP contribution in [0, 0.1) is 0 Å². The number of carbonyl (C=O) groups is 1. The molecule has 0 bridgehead atoms. The number of hydrogen-bond donors (Lipinski definition) is 1. The van der Waals surface area contributed by atoms with Crippen LogP contribution in [0.5, 0.6) is 5.75 Å². The zero-order chi connectivity index (χ0) is 19.3. The molecule has 1 aliphatic rings. The van der Waals surface area contributed by atoms with Crippen molar-refractivity contribution < 1.29 is 14.3 Å². The van der Waals surface area contributed by atoms with E-state index in [0.29, 0.717) is 0 Å². The molecule has 1 atom stereocenters. The fourth-order valence-electron chi connectivity index (χ4n) is 3.84. The van der Waals surface area contributed by atoms with Gasteiger partial charge in [-0.2, -0.15) is 0 Å². The van der Waals surface area contributed by atoms with Crippen molar-refractivity contribution in [1.29, 1.82) is 0 Å². The van der Waals surface area contributed by atoms with Crippen LogP contribution in [0.4, 0.5) is 5.69 Å². The molecule has 0 unspecified atom stereocenters. The largest absolute Gasteiger partial charge is 0.490 e. The Morgan fingerprint density at radius 3 is 2.37 bits per heavy atom. The summed E-state index contributed by atoms with van der Waals surface area (Å²) in [6.45, 7) is 4.18. The molecule has 1 N–H and O–H groups in total. The zero-order valence-corrected chi connectivity index (χ0v) is 16.7. The van der Waals surface area contributed by atoms with E-state index in [1.54, 1.807) is 7.11 Å². The van der Waals surface area contributed by atoms with Gasteiger partial charge < -0.3 is 14.8 Å². The summed E-state index contributed by atoms with van der Waals surface area (Å²) in [6, 6.07) is 12.0. The van der Waals surface area contributed by atoms with Crippen LogP contribution in [0.25, 0.3) is 10.8 Å². The number of hydrogen-bond acceptors (Lipinski definition) is 3. The number of amides is 1. The van der Waals surface area contributed by atoms with E-state index in [9.17, 15) is 4.79 Å². The zero-order valence-electron chi connectivity index (χ0n) is 16.7. The lowest BCUT2D eigenvalue weighted by molar-refractivity contribution is -0.139. The van der Waals surface area contributed by atoms with E-state index in [1.165, 1.54) is 12.8 Å². The van der Waals surface area contributed by atoms with Gasteiger partial charge in [0.25, 0.3) is 5.91 Å². The fraction of sp³-hybridized carbons (Fsp3) is 0.522. The summed E-state index contributed by atoms with van der Waals surface area (Å²) >= 11 is 0. The number of ether oxygens (including phenoxy) is 2. The number of nitrogens with one attached hydrogen (secondary N) is 1. The Kier molecular flexibility index (Phi) is 6.38. The Labute approximate surface area is 162 Å². The number of carbonyl (C=O) groups excluding carboxylic acids is 1. The molecule has 0 heterocycles. The van der Waals surface area contributed by atoms with E-state index in [-0.39, 0.29) is 12.0 Å². The summed E-state index contributed by atoms with van der Waals surface area (Å²) in [7, 11) is 1.66. The van der Waals surface area contributed by atoms with Crippen molar-refractivity contribution in [3.05, 3.63) is 36.4 Å². The van der Waals surface area contributed by atoms with Gasteiger partial charge in [0.2, 0.25) is 0 Å².